The fourth-order valence-corrected chi connectivity index (χ4v) is 2.72. The molecule has 0 bridgehead atoms. The molecule has 0 aliphatic carbocycles. The summed E-state index contributed by atoms with van der Waals surface area (Å²) in [6, 6.07) is 5.28. The highest BCUT2D eigenvalue weighted by Crippen LogP contribution is 2.47. The van der Waals surface area contributed by atoms with Gasteiger partial charge in [-0.05, 0) is 18.6 Å². The average molecular weight is 215 g/mol. The van der Waals surface area contributed by atoms with Crippen molar-refractivity contribution in [3.05, 3.63) is 23.8 Å². The van der Waals surface area contributed by atoms with Gasteiger partial charge in [0.25, 0.3) is 0 Å². The van der Waals surface area contributed by atoms with E-state index in [2.05, 4.69) is 0 Å². The first-order chi connectivity index (χ1) is 6.55. The van der Waals surface area contributed by atoms with E-state index in [-0.39, 0.29) is 0 Å². The van der Waals surface area contributed by atoms with Crippen LogP contribution in [0.3, 0.4) is 0 Å². The molecule has 1 aromatic rings. The zero-order valence-electron chi connectivity index (χ0n) is 8.48. The molecule has 0 amide bonds. The van der Waals surface area contributed by atoms with E-state index in [0.717, 1.165) is 5.56 Å². The molecule has 0 heterocycles. The summed E-state index contributed by atoms with van der Waals surface area (Å²) < 4.78 is 21.8. The maximum Gasteiger partial charge on any atom is 0.363 e. The third kappa shape index (κ3) is 1.82. The van der Waals surface area contributed by atoms with Crippen molar-refractivity contribution in [3.8, 4) is 0 Å². The van der Waals surface area contributed by atoms with Gasteiger partial charge in [-0.2, -0.15) is 0 Å². The van der Waals surface area contributed by atoms with Crippen LogP contribution in [0.4, 0.5) is 5.69 Å². The van der Waals surface area contributed by atoms with Gasteiger partial charge in [0.1, 0.15) is 0 Å². The predicted molar refractivity (Wildman–Crippen MR) is 56.8 cm³/mol. The molecule has 78 valence electrons. The Morgan fingerprint density at radius 3 is 2.29 bits per heavy atom. The van der Waals surface area contributed by atoms with E-state index in [4.69, 9.17) is 14.8 Å². The highest BCUT2D eigenvalue weighted by Gasteiger charge is 2.28. The minimum Gasteiger partial charge on any atom is -0.398 e. The van der Waals surface area contributed by atoms with Crippen LogP contribution in [-0.2, 0) is 13.6 Å². The SMILES string of the molecule is COP(=O)(OC)c1c(C)cccc1N. The first-order valence-corrected chi connectivity index (χ1v) is 5.66. The van der Waals surface area contributed by atoms with Gasteiger partial charge in [0.2, 0.25) is 0 Å². The third-order valence-electron chi connectivity index (χ3n) is 2.02. The second-order valence-corrected chi connectivity index (χ2v) is 5.05. The Bertz CT molecular complexity index is 350. The highest BCUT2D eigenvalue weighted by molar-refractivity contribution is 7.62. The van der Waals surface area contributed by atoms with Gasteiger partial charge in [-0.15, -0.1) is 0 Å². The number of aryl methyl sites for hydroxylation is 1. The van der Waals surface area contributed by atoms with Gasteiger partial charge in [0.05, 0.1) is 5.30 Å². The second kappa shape index (κ2) is 4.13. The summed E-state index contributed by atoms with van der Waals surface area (Å²) in [6.45, 7) is 1.82. The van der Waals surface area contributed by atoms with Crippen molar-refractivity contribution in [2.24, 2.45) is 0 Å². The monoisotopic (exact) mass is 215 g/mol. The van der Waals surface area contributed by atoms with Crippen LogP contribution >= 0.6 is 7.60 Å². The van der Waals surface area contributed by atoms with Gasteiger partial charge in [0, 0.05) is 19.9 Å². The van der Waals surface area contributed by atoms with Gasteiger partial charge in [-0.1, -0.05) is 12.1 Å². The number of nitrogens with two attached hydrogens (primary N) is 1. The summed E-state index contributed by atoms with van der Waals surface area (Å²) in [5, 5.41) is 0.449. The molecule has 0 fully saturated rings. The van der Waals surface area contributed by atoms with Crippen molar-refractivity contribution in [1.29, 1.82) is 0 Å². The molecule has 0 saturated heterocycles. The van der Waals surface area contributed by atoms with Crippen LogP contribution in [0.25, 0.3) is 0 Å². The molecule has 0 aliphatic rings. The summed E-state index contributed by atoms with van der Waals surface area (Å²) >= 11 is 0. The van der Waals surface area contributed by atoms with Crippen LogP contribution in [0.5, 0.6) is 0 Å². The summed E-state index contributed by atoms with van der Waals surface area (Å²) in [7, 11) is -0.547. The fraction of sp³-hybridized carbons (Fsp3) is 0.333. The standard InChI is InChI=1S/C9H14NO3P/c1-7-5-4-6-8(10)9(7)14(11,12-2)13-3/h4-6H,10H2,1-3H3. The minimum absolute atomic E-state index is 0.428. The van der Waals surface area contributed by atoms with Crippen molar-refractivity contribution in [3.63, 3.8) is 0 Å². The molecule has 0 unspecified atom stereocenters. The van der Waals surface area contributed by atoms with Crippen LogP contribution in [0, 0.1) is 6.92 Å². The lowest BCUT2D eigenvalue weighted by atomic mass is 10.2. The molecular formula is C9H14NO3P. The molecule has 1 rings (SSSR count). The maximum absolute atomic E-state index is 12.1. The number of hydrogen-bond acceptors (Lipinski definition) is 4. The van der Waals surface area contributed by atoms with Crippen molar-refractivity contribution >= 4 is 18.6 Å². The Hall–Kier alpha value is -0.830. The summed E-state index contributed by atoms with van der Waals surface area (Å²) in [5.41, 5.74) is 6.96. The van der Waals surface area contributed by atoms with Gasteiger partial charge < -0.3 is 14.8 Å². The molecule has 0 aromatic heterocycles. The zero-order chi connectivity index (χ0) is 10.8. The van der Waals surface area contributed by atoms with Gasteiger partial charge in [0.15, 0.2) is 0 Å². The first-order valence-electron chi connectivity index (χ1n) is 4.12. The van der Waals surface area contributed by atoms with Crippen LogP contribution in [0.1, 0.15) is 5.56 Å². The molecule has 0 spiro atoms. The molecule has 0 atom stereocenters. The Morgan fingerprint density at radius 1 is 1.29 bits per heavy atom. The lowest BCUT2D eigenvalue weighted by molar-refractivity contribution is 0.287. The zero-order valence-corrected chi connectivity index (χ0v) is 9.38. The summed E-state index contributed by atoms with van der Waals surface area (Å²) in [5.74, 6) is 0. The molecule has 0 aliphatic heterocycles. The lowest BCUT2D eigenvalue weighted by Crippen LogP contribution is -2.16. The second-order valence-electron chi connectivity index (χ2n) is 2.88. The van der Waals surface area contributed by atoms with Crippen molar-refractivity contribution in [2.75, 3.05) is 20.0 Å². The Labute approximate surface area is 83.6 Å². The van der Waals surface area contributed by atoms with E-state index in [1.165, 1.54) is 14.2 Å². The molecule has 0 radical (unpaired) electrons. The van der Waals surface area contributed by atoms with E-state index in [1.807, 2.05) is 13.0 Å². The van der Waals surface area contributed by atoms with Crippen LogP contribution < -0.4 is 11.0 Å². The number of rotatable bonds is 3. The van der Waals surface area contributed by atoms with E-state index in [1.54, 1.807) is 12.1 Å². The van der Waals surface area contributed by atoms with Crippen molar-refractivity contribution in [1.82, 2.24) is 0 Å². The summed E-state index contributed by atoms with van der Waals surface area (Å²) in [6.07, 6.45) is 0. The minimum atomic E-state index is -3.23. The topological polar surface area (TPSA) is 61.5 Å². The summed E-state index contributed by atoms with van der Waals surface area (Å²) in [4.78, 5) is 0. The first kappa shape index (κ1) is 11.2. The van der Waals surface area contributed by atoms with E-state index >= 15 is 0 Å². The quantitative estimate of drug-likeness (QED) is 0.615. The lowest BCUT2D eigenvalue weighted by Gasteiger charge is -2.17. The van der Waals surface area contributed by atoms with E-state index in [9.17, 15) is 4.57 Å². The highest BCUT2D eigenvalue weighted by atomic mass is 31.2. The Balaban J connectivity index is 3.37. The Kier molecular flexibility index (Phi) is 3.32. The molecule has 2 N–H and O–H groups in total. The van der Waals surface area contributed by atoms with E-state index < -0.39 is 7.60 Å². The number of nitrogen functional groups attached to an aromatic ring is 1. The normalized spacial score (nSPS) is 11.6. The average Bonchev–Trinajstić information content (AvgIpc) is 2.17. The van der Waals surface area contributed by atoms with Crippen molar-refractivity contribution < 1.29 is 13.6 Å². The van der Waals surface area contributed by atoms with Gasteiger partial charge in [-0.25, -0.2) is 0 Å². The van der Waals surface area contributed by atoms with Gasteiger partial charge in [-0.3, -0.25) is 4.57 Å². The molecular weight excluding hydrogens is 201 g/mol. The molecule has 1 aromatic carbocycles. The molecule has 0 saturated carbocycles. The molecule has 4 nitrogen and oxygen atoms in total. The van der Waals surface area contributed by atoms with Crippen LogP contribution in [-0.4, -0.2) is 14.2 Å². The van der Waals surface area contributed by atoms with Crippen molar-refractivity contribution in [2.45, 2.75) is 6.92 Å². The predicted octanol–water partition coefficient (Wildman–Crippen LogP) is 1.69. The number of hydrogen-bond donors (Lipinski definition) is 1. The molecule has 5 heteroatoms. The number of anilines is 1. The maximum atomic E-state index is 12.1. The van der Waals surface area contributed by atoms with Gasteiger partial charge >= 0.3 is 7.60 Å². The van der Waals surface area contributed by atoms with E-state index in [0.29, 0.717) is 11.0 Å². The molecule has 14 heavy (non-hydrogen) atoms. The third-order valence-corrected chi connectivity index (χ3v) is 4.14. The largest absolute Gasteiger partial charge is 0.398 e. The smallest absolute Gasteiger partial charge is 0.363 e. The number of benzene rings is 1. The Morgan fingerprint density at radius 2 is 1.86 bits per heavy atom. The van der Waals surface area contributed by atoms with Crippen LogP contribution in [0.2, 0.25) is 0 Å². The fourth-order valence-electron chi connectivity index (χ4n) is 1.31. The van der Waals surface area contributed by atoms with Crippen LogP contribution in [0.15, 0.2) is 18.2 Å².